The average Bonchev–Trinajstić information content (AvgIpc) is 2.13. The summed E-state index contributed by atoms with van der Waals surface area (Å²) >= 11 is 0. The van der Waals surface area contributed by atoms with E-state index >= 15 is 0 Å². The lowest BCUT2D eigenvalue weighted by molar-refractivity contribution is -0.117. The summed E-state index contributed by atoms with van der Waals surface area (Å²) in [7, 11) is 1.14. The second kappa shape index (κ2) is 6.25. The summed E-state index contributed by atoms with van der Waals surface area (Å²) in [5, 5.41) is 55.7. The molecule has 0 aliphatic carbocycles. The maximum absolute atomic E-state index is 10.5. The third-order valence-corrected chi connectivity index (χ3v) is 1.77. The number of aliphatic hydroxyl groups excluding tert-OH is 5. The summed E-state index contributed by atoms with van der Waals surface area (Å²) in [5.41, 5.74) is 0. The van der Waals surface area contributed by atoms with E-state index in [4.69, 9.17) is 20.4 Å². The van der Waals surface area contributed by atoms with Crippen molar-refractivity contribution >= 4 is 0 Å². The third-order valence-electron chi connectivity index (χ3n) is 1.77. The molecule has 0 aliphatic heterocycles. The van der Waals surface area contributed by atoms with Crippen LogP contribution in [0.15, 0.2) is 0 Å². The second-order valence-electron chi connectivity index (χ2n) is 3.11. The van der Waals surface area contributed by atoms with Gasteiger partial charge in [0, 0.05) is 6.54 Å². The zero-order chi connectivity index (χ0) is 11.3. The molecular weight excluding hydrogens is 194 g/mol. The van der Waals surface area contributed by atoms with Crippen molar-refractivity contribution in [3.8, 4) is 0 Å². The van der Waals surface area contributed by atoms with E-state index in [9.17, 15) is 10.3 Å². The molecule has 0 amide bonds. The van der Waals surface area contributed by atoms with E-state index in [-0.39, 0.29) is 0 Å². The first-order valence-electron chi connectivity index (χ1n) is 4.11. The number of nitrogens with zero attached hydrogens (tertiary/aromatic N) is 1. The van der Waals surface area contributed by atoms with Crippen LogP contribution in [0, 0.1) is 5.21 Å². The molecule has 0 spiro atoms. The topological polar surface area (TPSA) is 127 Å². The molecule has 0 aliphatic rings. The van der Waals surface area contributed by atoms with E-state index in [2.05, 4.69) is 0 Å². The molecular formula is C7H16NO6-. The number of hydrogen-bond donors (Lipinski definition) is 5. The van der Waals surface area contributed by atoms with Crippen molar-refractivity contribution in [1.82, 2.24) is 5.06 Å². The van der Waals surface area contributed by atoms with Gasteiger partial charge in [-0.25, -0.2) is 0 Å². The standard InChI is InChI=1S/C7H16NO6/c1-8(14)2-4(10)6(12)7(13)5(11)3-9/h4-7,9-13H,2-3H2,1H3/q-1. The fourth-order valence-corrected chi connectivity index (χ4v) is 0.935. The molecule has 7 heteroatoms. The van der Waals surface area contributed by atoms with Crippen molar-refractivity contribution in [3.05, 3.63) is 5.21 Å². The highest BCUT2D eigenvalue weighted by Gasteiger charge is 2.29. The highest BCUT2D eigenvalue weighted by Crippen LogP contribution is 2.05. The van der Waals surface area contributed by atoms with Crippen molar-refractivity contribution in [1.29, 1.82) is 0 Å². The monoisotopic (exact) mass is 210 g/mol. The first-order valence-corrected chi connectivity index (χ1v) is 4.11. The van der Waals surface area contributed by atoms with Crippen molar-refractivity contribution in [2.75, 3.05) is 20.2 Å². The molecule has 7 nitrogen and oxygen atoms in total. The molecule has 0 bridgehead atoms. The summed E-state index contributed by atoms with van der Waals surface area (Å²) in [6.07, 6.45) is -6.38. The smallest absolute Gasteiger partial charge is 0.111 e. The van der Waals surface area contributed by atoms with Gasteiger partial charge in [-0.2, -0.15) is 0 Å². The first kappa shape index (κ1) is 13.7. The molecule has 0 aromatic carbocycles. The predicted molar refractivity (Wildman–Crippen MR) is 47.1 cm³/mol. The fourth-order valence-electron chi connectivity index (χ4n) is 0.935. The van der Waals surface area contributed by atoms with Crippen LogP contribution in [-0.4, -0.2) is 75.2 Å². The van der Waals surface area contributed by atoms with E-state index in [1.165, 1.54) is 0 Å². The Bertz CT molecular complexity index is 155. The van der Waals surface area contributed by atoms with E-state index in [0.717, 1.165) is 7.05 Å². The fraction of sp³-hybridized carbons (Fsp3) is 1.00. The van der Waals surface area contributed by atoms with Crippen molar-refractivity contribution < 1.29 is 25.5 Å². The lowest BCUT2D eigenvalue weighted by Crippen LogP contribution is -2.48. The van der Waals surface area contributed by atoms with Crippen LogP contribution in [0.25, 0.3) is 0 Å². The van der Waals surface area contributed by atoms with Crippen molar-refractivity contribution in [2.24, 2.45) is 0 Å². The van der Waals surface area contributed by atoms with Gasteiger partial charge in [0.1, 0.15) is 18.3 Å². The molecule has 0 saturated carbocycles. The Morgan fingerprint density at radius 3 is 1.86 bits per heavy atom. The minimum Gasteiger partial charge on any atom is -0.785 e. The van der Waals surface area contributed by atoms with Gasteiger partial charge >= 0.3 is 0 Å². The maximum Gasteiger partial charge on any atom is 0.111 e. The number of hydroxylamine groups is 2. The Labute approximate surface area is 81.4 Å². The van der Waals surface area contributed by atoms with E-state index in [0.29, 0.717) is 5.06 Å². The summed E-state index contributed by atoms with van der Waals surface area (Å²) in [6.45, 7) is -1.13. The number of likely N-dealkylation sites (N-methyl/N-ethyl adjacent to an activating group) is 1. The Morgan fingerprint density at radius 2 is 1.50 bits per heavy atom. The summed E-state index contributed by atoms with van der Waals surface area (Å²) < 4.78 is 0. The van der Waals surface area contributed by atoms with E-state index in [1.807, 2.05) is 0 Å². The van der Waals surface area contributed by atoms with Gasteiger partial charge in [0.2, 0.25) is 0 Å². The van der Waals surface area contributed by atoms with Crippen LogP contribution in [0.5, 0.6) is 0 Å². The Balaban J connectivity index is 4.09. The van der Waals surface area contributed by atoms with Gasteiger partial charge < -0.3 is 35.8 Å². The van der Waals surface area contributed by atoms with E-state index < -0.39 is 37.6 Å². The second-order valence-corrected chi connectivity index (χ2v) is 3.11. The zero-order valence-electron chi connectivity index (χ0n) is 7.82. The molecule has 0 fully saturated rings. The van der Waals surface area contributed by atoms with Gasteiger partial charge in [0.15, 0.2) is 0 Å². The van der Waals surface area contributed by atoms with Crippen molar-refractivity contribution in [3.63, 3.8) is 0 Å². The normalized spacial score (nSPS) is 20.6. The van der Waals surface area contributed by atoms with Crippen LogP contribution < -0.4 is 0 Å². The van der Waals surface area contributed by atoms with Crippen LogP contribution in [-0.2, 0) is 0 Å². The van der Waals surface area contributed by atoms with Crippen molar-refractivity contribution in [2.45, 2.75) is 24.4 Å². The van der Waals surface area contributed by atoms with Crippen LogP contribution in [0.4, 0.5) is 0 Å². The molecule has 0 saturated heterocycles. The number of aliphatic hydroxyl groups is 5. The molecule has 5 N–H and O–H groups in total. The van der Waals surface area contributed by atoms with Gasteiger partial charge in [-0.3, -0.25) is 0 Å². The zero-order valence-corrected chi connectivity index (χ0v) is 7.82. The average molecular weight is 210 g/mol. The Kier molecular flexibility index (Phi) is 6.12. The highest BCUT2D eigenvalue weighted by molar-refractivity contribution is 4.81. The molecule has 4 unspecified atom stereocenters. The van der Waals surface area contributed by atoms with Crippen LogP contribution >= 0.6 is 0 Å². The summed E-state index contributed by atoms with van der Waals surface area (Å²) in [6, 6.07) is 0. The largest absolute Gasteiger partial charge is 0.785 e. The maximum atomic E-state index is 10.5. The molecule has 14 heavy (non-hydrogen) atoms. The summed E-state index contributed by atoms with van der Waals surface area (Å²) in [5.74, 6) is 0. The van der Waals surface area contributed by atoms with Gasteiger partial charge in [0.05, 0.1) is 12.7 Å². The molecule has 0 radical (unpaired) electrons. The first-order chi connectivity index (χ1) is 6.40. The van der Waals surface area contributed by atoms with Gasteiger partial charge in [0.25, 0.3) is 0 Å². The molecule has 0 aromatic rings. The summed E-state index contributed by atoms with van der Waals surface area (Å²) in [4.78, 5) is 0. The number of rotatable bonds is 6. The number of hydrogen-bond acceptors (Lipinski definition) is 7. The molecule has 0 heterocycles. The van der Waals surface area contributed by atoms with Gasteiger partial charge in [-0.1, -0.05) is 0 Å². The third kappa shape index (κ3) is 4.29. The molecule has 86 valence electrons. The SMILES string of the molecule is CN([O-])CC(O)C(O)C(O)C(O)CO. The molecule has 4 atom stereocenters. The quantitative estimate of drug-likeness (QED) is 0.293. The van der Waals surface area contributed by atoms with Gasteiger partial charge in [-0.15, -0.1) is 0 Å². The van der Waals surface area contributed by atoms with Crippen LogP contribution in [0.3, 0.4) is 0 Å². The Morgan fingerprint density at radius 1 is 1.07 bits per heavy atom. The van der Waals surface area contributed by atoms with Crippen LogP contribution in [0.1, 0.15) is 0 Å². The predicted octanol–water partition coefficient (Wildman–Crippen LogP) is -3.15. The minimum absolute atomic E-state index is 0.381. The van der Waals surface area contributed by atoms with E-state index in [1.54, 1.807) is 0 Å². The molecule has 0 rings (SSSR count). The van der Waals surface area contributed by atoms with Crippen LogP contribution in [0.2, 0.25) is 0 Å². The Hall–Kier alpha value is -0.280. The highest BCUT2D eigenvalue weighted by atomic mass is 16.5. The molecule has 0 aromatic heterocycles. The lowest BCUT2D eigenvalue weighted by atomic mass is 10.0. The van der Waals surface area contributed by atoms with Gasteiger partial charge in [-0.05, 0) is 7.05 Å². The lowest BCUT2D eigenvalue weighted by Gasteiger charge is -2.30. The minimum atomic E-state index is -1.69.